The van der Waals surface area contributed by atoms with Gasteiger partial charge in [0.05, 0.1) is 5.75 Å². The van der Waals surface area contributed by atoms with E-state index in [-0.39, 0.29) is 24.0 Å². The number of benzene rings is 1. The lowest BCUT2D eigenvalue weighted by atomic mass is 10.2. The summed E-state index contributed by atoms with van der Waals surface area (Å²) in [5, 5.41) is 0.581. The number of halogens is 2. The summed E-state index contributed by atoms with van der Waals surface area (Å²) in [7, 11) is 1.66. The Hall–Kier alpha value is -1.47. The predicted molar refractivity (Wildman–Crippen MR) is 92.8 cm³/mol. The van der Waals surface area contributed by atoms with Crippen molar-refractivity contribution in [1.29, 1.82) is 0 Å². The molecule has 4 nitrogen and oxygen atoms in total. The van der Waals surface area contributed by atoms with Gasteiger partial charge in [-0.3, -0.25) is 4.79 Å². The summed E-state index contributed by atoms with van der Waals surface area (Å²) in [6.07, 6.45) is 0. The standard InChI is InChI=1S/C16H17BrFN3OS/c1-10-6-11(2)20-16(19-10)23-9-15(22)21(3)8-12-7-13(17)4-5-14(12)18/h4-7H,8-9H2,1-3H3. The Kier molecular flexibility index (Phi) is 6.12. The van der Waals surface area contributed by atoms with Gasteiger partial charge in [0, 0.05) is 35.0 Å². The fourth-order valence-electron chi connectivity index (χ4n) is 2.00. The second-order valence-electron chi connectivity index (χ2n) is 5.21. The molecule has 0 unspecified atom stereocenters. The second-order valence-corrected chi connectivity index (χ2v) is 7.07. The number of carbonyl (C=O) groups excluding carboxylic acids is 1. The summed E-state index contributed by atoms with van der Waals surface area (Å²) in [5.41, 5.74) is 2.22. The first-order chi connectivity index (χ1) is 10.8. The van der Waals surface area contributed by atoms with Crippen LogP contribution in [0.25, 0.3) is 0 Å². The molecule has 7 heteroatoms. The summed E-state index contributed by atoms with van der Waals surface area (Å²) in [6.45, 7) is 4.00. The van der Waals surface area contributed by atoms with Crippen LogP contribution in [-0.4, -0.2) is 33.6 Å². The number of rotatable bonds is 5. The molecular formula is C16H17BrFN3OS. The van der Waals surface area contributed by atoms with Gasteiger partial charge in [-0.2, -0.15) is 0 Å². The van der Waals surface area contributed by atoms with Gasteiger partial charge in [-0.15, -0.1) is 0 Å². The van der Waals surface area contributed by atoms with Gasteiger partial charge in [-0.05, 0) is 38.1 Å². The number of amides is 1. The van der Waals surface area contributed by atoms with Crippen LogP contribution in [0.5, 0.6) is 0 Å². The normalized spacial score (nSPS) is 10.7. The summed E-state index contributed by atoms with van der Waals surface area (Å²) >= 11 is 4.59. The first kappa shape index (κ1) is 17.9. The molecule has 0 aliphatic rings. The summed E-state index contributed by atoms with van der Waals surface area (Å²) in [6, 6.07) is 6.58. The minimum atomic E-state index is -0.321. The lowest BCUT2D eigenvalue weighted by Gasteiger charge is -2.17. The number of hydrogen-bond donors (Lipinski definition) is 0. The molecule has 122 valence electrons. The average Bonchev–Trinajstić information content (AvgIpc) is 2.47. The Labute approximate surface area is 147 Å². The van der Waals surface area contributed by atoms with E-state index in [1.807, 2.05) is 19.9 Å². The minimum Gasteiger partial charge on any atom is -0.341 e. The van der Waals surface area contributed by atoms with Crippen LogP contribution in [0.2, 0.25) is 0 Å². The van der Waals surface area contributed by atoms with Crippen LogP contribution in [0.1, 0.15) is 17.0 Å². The van der Waals surface area contributed by atoms with Crippen molar-refractivity contribution in [3.63, 3.8) is 0 Å². The molecule has 1 amide bonds. The minimum absolute atomic E-state index is 0.0999. The zero-order valence-electron chi connectivity index (χ0n) is 13.1. The van der Waals surface area contributed by atoms with Crippen molar-refractivity contribution in [1.82, 2.24) is 14.9 Å². The lowest BCUT2D eigenvalue weighted by Crippen LogP contribution is -2.28. The molecule has 1 heterocycles. The molecule has 2 rings (SSSR count). The van der Waals surface area contributed by atoms with E-state index in [9.17, 15) is 9.18 Å². The van der Waals surface area contributed by atoms with Crippen LogP contribution >= 0.6 is 27.7 Å². The molecule has 23 heavy (non-hydrogen) atoms. The Morgan fingerprint density at radius 2 is 1.91 bits per heavy atom. The van der Waals surface area contributed by atoms with Crippen LogP contribution in [0.15, 0.2) is 33.9 Å². The van der Waals surface area contributed by atoms with Gasteiger partial charge in [0.2, 0.25) is 5.91 Å². The molecule has 2 aromatic rings. The van der Waals surface area contributed by atoms with Gasteiger partial charge in [0.25, 0.3) is 0 Å². The van der Waals surface area contributed by atoms with Crippen molar-refractivity contribution in [2.45, 2.75) is 25.5 Å². The smallest absolute Gasteiger partial charge is 0.233 e. The molecule has 0 radical (unpaired) electrons. The second kappa shape index (κ2) is 7.88. The fraction of sp³-hybridized carbons (Fsp3) is 0.312. The summed E-state index contributed by atoms with van der Waals surface area (Å²) < 4.78 is 14.5. The SMILES string of the molecule is Cc1cc(C)nc(SCC(=O)N(C)Cc2cc(Br)ccc2F)n1. The van der Waals surface area contributed by atoms with Crippen molar-refractivity contribution < 1.29 is 9.18 Å². The summed E-state index contributed by atoms with van der Waals surface area (Å²) in [4.78, 5) is 22.3. The quantitative estimate of drug-likeness (QED) is 0.569. The number of thioether (sulfide) groups is 1. The zero-order chi connectivity index (χ0) is 17.0. The number of nitrogens with zero attached hydrogens (tertiary/aromatic N) is 3. The first-order valence-electron chi connectivity index (χ1n) is 6.98. The predicted octanol–water partition coefficient (Wildman–Crippen LogP) is 3.75. The Balaban J connectivity index is 1.96. The third-order valence-corrected chi connectivity index (χ3v) is 4.45. The van der Waals surface area contributed by atoms with Crippen molar-refractivity contribution in [3.05, 3.63) is 51.5 Å². The van der Waals surface area contributed by atoms with E-state index in [4.69, 9.17) is 0 Å². The van der Waals surface area contributed by atoms with Gasteiger partial charge in [-0.1, -0.05) is 27.7 Å². The van der Waals surface area contributed by atoms with E-state index in [2.05, 4.69) is 25.9 Å². The monoisotopic (exact) mass is 397 g/mol. The van der Waals surface area contributed by atoms with Crippen LogP contribution in [-0.2, 0) is 11.3 Å². The van der Waals surface area contributed by atoms with Crippen molar-refractivity contribution in [3.8, 4) is 0 Å². The molecule has 0 saturated carbocycles. The number of hydrogen-bond acceptors (Lipinski definition) is 4. The van der Waals surface area contributed by atoms with Crippen molar-refractivity contribution >= 4 is 33.6 Å². The van der Waals surface area contributed by atoms with Gasteiger partial charge in [-0.25, -0.2) is 14.4 Å². The Morgan fingerprint density at radius 1 is 1.26 bits per heavy atom. The molecule has 0 spiro atoms. The van der Waals surface area contributed by atoms with E-state index >= 15 is 0 Å². The molecule has 0 aliphatic heterocycles. The molecule has 0 saturated heterocycles. The molecule has 0 atom stereocenters. The van der Waals surface area contributed by atoms with E-state index in [1.54, 1.807) is 19.2 Å². The fourth-order valence-corrected chi connectivity index (χ4v) is 3.30. The van der Waals surface area contributed by atoms with Gasteiger partial charge < -0.3 is 4.90 Å². The summed E-state index contributed by atoms with van der Waals surface area (Å²) in [5.74, 6) is -0.204. The van der Waals surface area contributed by atoms with Crippen LogP contribution in [0.3, 0.4) is 0 Å². The Bertz CT molecular complexity index is 706. The van der Waals surface area contributed by atoms with Gasteiger partial charge >= 0.3 is 0 Å². The molecule has 1 aromatic carbocycles. The van der Waals surface area contributed by atoms with Gasteiger partial charge in [0.15, 0.2) is 5.16 Å². The van der Waals surface area contributed by atoms with E-state index in [0.29, 0.717) is 10.7 Å². The van der Waals surface area contributed by atoms with Crippen LogP contribution in [0.4, 0.5) is 4.39 Å². The highest BCUT2D eigenvalue weighted by Crippen LogP contribution is 2.18. The number of carbonyl (C=O) groups is 1. The maximum absolute atomic E-state index is 13.7. The van der Waals surface area contributed by atoms with E-state index < -0.39 is 0 Å². The largest absolute Gasteiger partial charge is 0.341 e. The van der Waals surface area contributed by atoms with Crippen LogP contribution < -0.4 is 0 Å². The average molecular weight is 398 g/mol. The zero-order valence-corrected chi connectivity index (χ0v) is 15.5. The first-order valence-corrected chi connectivity index (χ1v) is 8.76. The lowest BCUT2D eigenvalue weighted by molar-refractivity contribution is -0.127. The molecular weight excluding hydrogens is 381 g/mol. The maximum Gasteiger partial charge on any atom is 0.233 e. The molecule has 0 N–H and O–H groups in total. The van der Waals surface area contributed by atoms with Crippen LogP contribution in [0, 0.1) is 19.7 Å². The Morgan fingerprint density at radius 3 is 2.57 bits per heavy atom. The van der Waals surface area contributed by atoms with E-state index in [0.717, 1.165) is 15.9 Å². The third kappa shape index (κ3) is 5.28. The number of aromatic nitrogens is 2. The number of aryl methyl sites for hydroxylation is 2. The molecule has 0 aliphatic carbocycles. The highest BCUT2D eigenvalue weighted by molar-refractivity contribution is 9.10. The third-order valence-electron chi connectivity index (χ3n) is 3.13. The maximum atomic E-state index is 13.7. The topological polar surface area (TPSA) is 46.1 Å². The molecule has 0 fully saturated rings. The highest BCUT2D eigenvalue weighted by atomic mass is 79.9. The van der Waals surface area contributed by atoms with Crippen molar-refractivity contribution in [2.24, 2.45) is 0 Å². The van der Waals surface area contributed by atoms with Gasteiger partial charge in [0.1, 0.15) is 5.82 Å². The molecule has 1 aromatic heterocycles. The van der Waals surface area contributed by atoms with E-state index in [1.165, 1.54) is 22.7 Å². The highest BCUT2D eigenvalue weighted by Gasteiger charge is 2.13. The molecule has 0 bridgehead atoms. The van der Waals surface area contributed by atoms with Crippen molar-refractivity contribution in [2.75, 3.05) is 12.8 Å².